The molecule has 5 heteroatoms. The first-order chi connectivity index (χ1) is 14.2. The summed E-state index contributed by atoms with van der Waals surface area (Å²) < 4.78 is 16.1. The third kappa shape index (κ3) is 4.88. The highest BCUT2D eigenvalue weighted by atomic mass is 16.5. The molecule has 3 aromatic carbocycles. The van der Waals surface area contributed by atoms with E-state index in [0.717, 1.165) is 22.4 Å². The van der Waals surface area contributed by atoms with Crippen molar-refractivity contribution < 1.29 is 19.0 Å². The zero-order valence-electron chi connectivity index (χ0n) is 16.9. The number of methoxy groups -OCH3 is 3. The number of carbonyl (C=O) groups excluding carboxylic acids is 1. The van der Waals surface area contributed by atoms with Gasteiger partial charge in [0.2, 0.25) is 11.7 Å². The van der Waals surface area contributed by atoms with Crippen LogP contribution in [0.3, 0.4) is 0 Å². The number of amides is 1. The minimum atomic E-state index is -0.0536. The first-order valence-corrected chi connectivity index (χ1v) is 9.39. The molecular formula is C24H25NO4. The fourth-order valence-electron chi connectivity index (χ4n) is 3.21. The normalized spacial score (nSPS) is 10.3. The quantitative estimate of drug-likeness (QED) is 0.590. The summed E-state index contributed by atoms with van der Waals surface area (Å²) in [5, 5.41) is 3.03. The Kier molecular flexibility index (Phi) is 6.74. The van der Waals surface area contributed by atoms with E-state index in [1.165, 1.54) is 0 Å². The highest BCUT2D eigenvalue weighted by molar-refractivity contribution is 5.95. The standard InChI is InChI=1S/C24H25NO4/c1-27-21-15-17(16-22(28-2)24(21)29-3)13-14-23(26)25-20-12-8-7-11-19(20)18-9-5-4-6-10-18/h4-12,15-16H,13-14H2,1-3H3,(H,25,26). The van der Waals surface area contributed by atoms with Crippen LogP contribution in [0.1, 0.15) is 12.0 Å². The average Bonchev–Trinajstić information content (AvgIpc) is 2.77. The fourth-order valence-corrected chi connectivity index (χ4v) is 3.21. The summed E-state index contributed by atoms with van der Waals surface area (Å²) in [7, 11) is 4.72. The third-order valence-electron chi connectivity index (χ3n) is 4.65. The Labute approximate surface area is 171 Å². The Bertz CT molecular complexity index is 945. The van der Waals surface area contributed by atoms with Gasteiger partial charge in [-0.1, -0.05) is 48.5 Å². The molecule has 0 saturated heterocycles. The predicted molar refractivity (Wildman–Crippen MR) is 115 cm³/mol. The Morgan fingerprint density at radius 3 is 2.07 bits per heavy atom. The summed E-state index contributed by atoms with van der Waals surface area (Å²) in [6, 6.07) is 21.5. The molecule has 0 saturated carbocycles. The second-order valence-corrected chi connectivity index (χ2v) is 6.49. The van der Waals surface area contributed by atoms with Crippen molar-refractivity contribution in [2.75, 3.05) is 26.6 Å². The van der Waals surface area contributed by atoms with Gasteiger partial charge in [0.25, 0.3) is 0 Å². The van der Waals surface area contributed by atoms with Gasteiger partial charge in [-0.3, -0.25) is 4.79 Å². The smallest absolute Gasteiger partial charge is 0.224 e. The largest absolute Gasteiger partial charge is 0.493 e. The van der Waals surface area contributed by atoms with E-state index in [1.54, 1.807) is 21.3 Å². The van der Waals surface area contributed by atoms with E-state index < -0.39 is 0 Å². The Balaban J connectivity index is 1.72. The highest BCUT2D eigenvalue weighted by Gasteiger charge is 2.14. The molecule has 0 unspecified atom stereocenters. The molecule has 29 heavy (non-hydrogen) atoms. The molecule has 1 amide bonds. The number of nitrogens with one attached hydrogen (secondary N) is 1. The van der Waals surface area contributed by atoms with E-state index in [2.05, 4.69) is 5.32 Å². The lowest BCUT2D eigenvalue weighted by Gasteiger charge is -2.14. The van der Waals surface area contributed by atoms with Gasteiger partial charge in [0.15, 0.2) is 11.5 Å². The number of hydrogen-bond acceptors (Lipinski definition) is 4. The van der Waals surface area contributed by atoms with Crippen molar-refractivity contribution in [2.45, 2.75) is 12.8 Å². The second-order valence-electron chi connectivity index (χ2n) is 6.49. The molecule has 0 atom stereocenters. The number of para-hydroxylation sites is 1. The van der Waals surface area contributed by atoms with Crippen molar-refractivity contribution in [3.8, 4) is 28.4 Å². The van der Waals surface area contributed by atoms with Gasteiger partial charge in [-0.15, -0.1) is 0 Å². The Morgan fingerprint density at radius 1 is 0.828 bits per heavy atom. The van der Waals surface area contributed by atoms with Crippen molar-refractivity contribution in [3.63, 3.8) is 0 Å². The number of carbonyl (C=O) groups is 1. The molecule has 0 aromatic heterocycles. The van der Waals surface area contributed by atoms with E-state index in [-0.39, 0.29) is 5.91 Å². The topological polar surface area (TPSA) is 56.8 Å². The Morgan fingerprint density at radius 2 is 1.45 bits per heavy atom. The van der Waals surface area contributed by atoms with Crippen LogP contribution in [0.4, 0.5) is 5.69 Å². The first kappa shape index (κ1) is 20.3. The maximum absolute atomic E-state index is 12.6. The predicted octanol–water partition coefficient (Wildman–Crippen LogP) is 4.95. The molecule has 0 radical (unpaired) electrons. The number of ether oxygens (including phenoxy) is 3. The third-order valence-corrected chi connectivity index (χ3v) is 4.65. The zero-order valence-corrected chi connectivity index (χ0v) is 16.9. The van der Waals surface area contributed by atoms with Gasteiger partial charge in [-0.05, 0) is 35.7 Å². The zero-order chi connectivity index (χ0) is 20.6. The van der Waals surface area contributed by atoms with E-state index in [9.17, 15) is 4.79 Å². The van der Waals surface area contributed by atoms with Gasteiger partial charge in [0.1, 0.15) is 0 Å². The van der Waals surface area contributed by atoms with Crippen LogP contribution >= 0.6 is 0 Å². The van der Waals surface area contributed by atoms with Gasteiger partial charge in [0, 0.05) is 17.7 Å². The number of anilines is 1. The molecule has 0 spiro atoms. The van der Waals surface area contributed by atoms with Gasteiger partial charge in [0.05, 0.1) is 21.3 Å². The number of rotatable bonds is 8. The molecule has 0 fully saturated rings. The van der Waals surface area contributed by atoms with Gasteiger partial charge in [-0.2, -0.15) is 0 Å². The van der Waals surface area contributed by atoms with Crippen LogP contribution in [0.15, 0.2) is 66.7 Å². The minimum absolute atomic E-state index is 0.0536. The van der Waals surface area contributed by atoms with Crippen molar-refractivity contribution in [1.29, 1.82) is 0 Å². The molecule has 150 valence electrons. The van der Waals surface area contributed by atoms with Gasteiger partial charge < -0.3 is 19.5 Å². The molecule has 0 bridgehead atoms. The van der Waals surface area contributed by atoms with Crippen LogP contribution in [0.5, 0.6) is 17.2 Å². The van der Waals surface area contributed by atoms with Crippen LogP contribution in [0, 0.1) is 0 Å². The molecule has 5 nitrogen and oxygen atoms in total. The summed E-state index contributed by atoms with van der Waals surface area (Å²) in [6.45, 7) is 0. The van der Waals surface area contributed by atoms with Crippen LogP contribution in [0.25, 0.3) is 11.1 Å². The van der Waals surface area contributed by atoms with Crippen molar-refractivity contribution in [1.82, 2.24) is 0 Å². The summed E-state index contributed by atoms with van der Waals surface area (Å²) in [4.78, 5) is 12.6. The van der Waals surface area contributed by atoms with Crippen LogP contribution in [-0.4, -0.2) is 27.2 Å². The highest BCUT2D eigenvalue weighted by Crippen LogP contribution is 2.38. The minimum Gasteiger partial charge on any atom is -0.493 e. The van der Waals surface area contributed by atoms with Crippen molar-refractivity contribution >= 4 is 11.6 Å². The average molecular weight is 391 g/mol. The monoisotopic (exact) mass is 391 g/mol. The molecule has 3 aromatic rings. The lowest BCUT2D eigenvalue weighted by atomic mass is 10.0. The van der Waals surface area contributed by atoms with Crippen LogP contribution < -0.4 is 19.5 Å². The van der Waals surface area contributed by atoms with Crippen LogP contribution in [0.2, 0.25) is 0 Å². The molecule has 0 aliphatic carbocycles. The lowest BCUT2D eigenvalue weighted by molar-refractivity contribution is -0.116. The Hall–Kier alpha value is -3.47. The van der Waals surface area contributed by atoms with E-state index in [0.29, 0.717) is 30.1 Å². The molecule has 0 aliphatic rings. The van der Waals surface area contributed by atoms with E-state index in [4.69, 9.17) is 14.2 Å². The number of aryl methyl sites for hydroxylation is 1. The van der Waals surface area contributed by atoms with E-state index in [1.807, 2.05) is 66.7 Å². The molecule has 1 N–H and O–H groups in total. The molecule has 0 heterocycles. The van der Waals surface area contributed by atoms with Crippen molar-refractivity contribution in [3.05, 3.63) is 72.3 Å². The first-order valence-electron chi connectivity index (χ1n) is 9.39. The molecule has 0 aliphatic heterocycles. The molecular weight excluding hydrogens is 366 g/mol. The summed E-state index contributed by atoms with van der Waals surface area (Å²) in [5.74, 6) is 1.65. The van der Waals surface area contributed by atoms with E-state index >= 15 is 0 Å². The lowest BCUT2D eigenvalue weighted by Crippen LogP contribution is -2.13. The van der Waals surface area contributed by atoms with Crippen LogP contribution in [-0.2, 0) is 11.2 Å². The van der Waals surface area contributed by atoms with Crippen molar-refractivity contribution in [2.24, 2.45) is 0 Å². The maximum Gasteiger partial charge on any atom is 0.224 e. The summed E-state index contributed by atoms with van der Waals surface area (Å²) in [5.41, 5.74) is 3.79. The van der Waals surface area contributed by atoms with Gasteiger partial charge in [-0.25, -0.2) is 0 Å². The summed E-state index contributed by atoms with van der Waals surface area (Å²) >= 11 is 0. The molecule has 3 rings (SSSR count). The fraction of sp³-hybridized carbons (Fsp3) is 0.208. The second kappa shape index (κ2) is 9.64. The summed E-state index contributed by atoms with van der Waals surface area (Å²) in [6.07, 6.45) is 0.887. The number of benzene rings is 3. The SMILES string of the molecule is COc1cc(CCC(=O)Nc2ccccc2-c2ccccc2)cc(OC)c1OC. The van der Waals surface area contributed by atoms with Gasteiger partial charge >= 0.3 is 0 Å². The number of hydrogen-bond donors (Lipinski definition) is 1. The maximum atomic E-state index is 12.6.